The fourth-order valence-electron chi connectivity index (χ4n) is 3.87. The molecular weight excluding hydrogens is 383 g/mol. The molecule has 7 heteroatoms. The van der Waals surface area contributed by atoms with Crippen molar-refractivity contribution >= 4 is 22.7 Å². The number of aryl methyl sites for hydroxylation is 1. The van der Waals surface area contributed by atoms with Crippen LogP contribution in [0.5, 0.6) is 0 Å². The van der Waals surface area contributed by atoms with Gasteiger partial charge >= 0.3 is 6.09 Å². The van der Waals surface area contributed by atoms with Crippen molar-refractivity contribution in [3.05, 3.63) is 54.0 Å². The molecule has 1 aliphatic heterocycles. The Kier molecular flexibility index (Phi) is 5.13. The van der Waals surface area contributed by atoms with Crippen LogP contribution in [0.2, 0.25) is 0 Å². The van der Waals surface area contributed by atoms with Crippen LogP contribution in [-0.4, -0.2) is 40.6 Å². The van der Waals surface area contributed by atoms with Gasteiger partial charge in [0.2, 0.25) is 0 Å². The Bertz CT molecular complexity index is 1070. The molecule has 1 unspecified atom stereocenters. The van der Waals surface area contributed by atoms with Crippen molar-refractivity contribution in [2.75, 3.05) is 18.0 Å². The summed E-state index contributed by atoms with van der Waals surface area (Å²) in [5.74, 6) is -0.266. The maximum Gasteiger partial charge on any atom is 0.407 e. The van der Waals surface area contributed by atoms with E-state index in [-0.39, 0.29) is 18.0 Å². The van der Waals surface area contributed by atoms with E-state index < -0.39 is 5.60 Å². The van der Waals surface area contributed by atoms with Crippen molar-refractivity contribution in [2.24, 2.45) is 0 Å². The fraction of sp³-hybridized carbons (Fsp3) is 0.391. The third-order valence-corrected chi connectivity index (χ3v) is 5.21. The topological polar surface area (TPSA) is 59.4 Å². The molecule has 0 saturated carbocycles. The number of amides is 1. The Balaban J connectivity index is 1.52. The second-order valence-corrected chi connectivity index (χ2v) is 8.81. The van der Waals surface area contributed by atoms with Gasteiger partial charge in [0.25, 0.3) is 0 Å². The first-order valence-electron chi connectivity index (χ1n) is 10.2. The number of halogens is 1. The molecule has 30 heavy (non-hydrogen) atoms. The normalized spacial score (nSPS) is 16.8. The second kappa shape index (κ2) is 7.63. The third-order valence-electron chi connectivity index (χ3n) is 5.21. The maximum atomic E-state index is 13.3. The second-order valence-electron chi connectivity index (χ2n) is 8.81. The number of alkyl carbamates (subject to hydrolysis) is 1. The summed E-state index contributed by atoms with van der Waals surface area (Å²) in [4.78, 5) is 14.4. The van der Waals surface area contributed by atoms with E-state index >= 15 is 0 Å². The quantitative estimate of drug-likeness (QED) is 0.687. The lowest BCUT2D eigenvalue weighted by Gasteiger charge is -2.23. The lowest BCUT2D eigenvalue weighted by molar-refractivity contribution is 0.0509. The molecule has 0 aliphatic carbocycles. The Morgan fingerprint density at radius 1 is 1.23 bits per heavy atom. The van der Waals surface area contributed by atoms with E-state index in [9.17, 15) is 9.18 Å². The van der Waals surface area contributed by atoms with E-state index in [1.165, 1.54) is 12.1 Å². The standard InChI is InChI=1S/C23H27FN4O2/c1-15-11-21-16(13-25-28(21)19-7-5-17(24)6-8-19)12-20(15)27-10-9-18(14-27)26-22(29)30-23(2,3)4/h5-8,11-13,18H,9-10,14H2,1-4H3,(H,26,29). The first-order valence-corrected chi connectivity index (χ1v) is 10.2. The largest absolute Gasteiger partial charge is 0.444 e. The zero-order chi connectivity index (χ0) is 21.5. The highest BCUT2D eigenvalue weighted by Crippen LogP contribution is 2.30. The minimum atomic E-state index is -0.505. The van der Waals surface area contributed by atoms with Crippen molar-refractivity contribution in [1.29, 1.82) is 0 Å². The van der Waals surface area contributed by atoms with E-state index in [4.69, 9.17) is 4.74 Å². The van der Waals surface area contributed by atoms with Crippen molar-refractivity contribution in [1.82, 2.24) is 15.1 Å². The zero-order valence-corrected chi connectivity index (χ0v) is 17.8. The maximum absolute atomic E-state index is 13.3. The molecule has 1 amide bonds. The molecule has 6 nitrogen and oxygen atoms in total. The van der Waals surface area contributed by atoms with Crippen LogP contribution in [0.4, 0.5) is 14.9 Å². The summed E-state index contributed by atoms with van der Waals surface area (Å²) >= 11 is 0. The van der Waals surface area contributed by atoms with Gasteiger partial charge in [-0.1, -0.05) is 0 Å². The summed E-state index contributed by atoms with van der Waals surface area (Å²) in [7, 11) is 0. The van der Waals surface area contributed by atoms with E-state index in [1.807, 2.05) is 31.6 Å². The van der Waals surface area contributed by atoms with Crippen molar-refractivity contribution in [3.8, 4) is 5.69 Å². The molecule has 1 N–H and O–H groups in total. The zero-order valence-electron chi connectivity index (χ0n) is 17.8. The number of benzene rings is 2. The molecule has 1 atom stereocenters. The van der Waals surface area contributed by atoms with Gasteiger partial charge in [-0.15, -0.1) is 0 Å². The number of hydrogen-bond donors (Lipinski definition) is 1. The molecular formula is C23H27FN4O2. The van der Waals surface area contributed by atoms with E-state index in [1.54, 1.807) is 12.1 Å². The van der Waals surface area contributed by atoms with E-state index in [2.05, 4.69) is 34.4 Å². The SMILES string of the molecule is Cc1cc2c(cnn2-c2ccc(F)cc2)cc1N1CCC(NC(=O)OC(C)(C)C)C1. The lowest BCUT2D eigenvalue weighted by atomic mass is 10.1. The van der Waals surface area contributed by atoms with Gasteiger partial charge in [0.15, 0.2) is 0 Å². The number of carbonyl (C=O) groups excluding carboxylic acids is 1. The lowest BCUT2D eigenvalue weighted by Crippen LogP contribution is -2.40. The van der Waals surface area contributed by atoms with Gasteiger partial charge in [-0.25, -0.2) is 13.9 Å². The summed E-state index contributed by atoms with van der Waals surface area (Å²) in [5.41, 5.74) is 3.56. The molecule has 1 saturated heterocycles. The van der Waals surface area contributed by atoms with Crippen LogP contribution in [0.25, 0.3) is 16.6 Å². The highest BCUT2D eigenvalue weighted by molar-refractivity contribution is 5.86. The average molecular weight is 410 g/mol. The average Bonchev–Trinajstić information content (AvgIpc) is 3.27. The van der Waals surface area contributed by atoms with E-state index in [0.717, 1.165) is 47.4 Å². The number of rotatable bonds is 3. The highest BCUT2D eigenvalue weighted by Gasteiger charge is 2.27. The molecule has 0 bridgehead atoms. The summed E-state index contributed by atoms with van der Waals surface area (Å²) in [5, 5.41) is 8.48. The van der Waals surface area contributed by atoms with Crippen LogP contribution in [0, 0.1) is 12.7 Å². The number of ether oxygens (including phenoxy) is 1. The van der Waals surface area contributed by atoms with Gasteiger partial charge in [-0.05, 0) is 76.1 Å². The van der Waals surface area contributed by atoms with E-state index in [0.29, 0.717) is 0 Å². The number of nitrogens with one attached hydrogen (secondary N) is 1. The monoisotopic (exact) mass is 410 g/mol. The molecule has 1 aromatic heterocycles. The Hall–Kier alpha value is -3.09. The summed E-state index contributed by atoms with van der Waals surface area (Å²) in [6, 6.07) is 10.6. The Morgan fingerprint density at radius 3 is 2.67 bits per heavy atom. The minimum Gasteiger partial charge on any atom is -0.444 e. The minimum absolute atomic E-state index is 0.0527. The summed E-state index contributed by atoms with van der Waals surface area (Å²) in [6.45, 7) is 9.25. The van der Waals surface area contributed by atoms with Crippen LogP contribution in [0.15, 0.2) is 42.6 Å². The van der Waals surface area contributed by atoms with Gasteiger partial charge in [0, 0.05) is 24.2 Å². The Morgan fingerprint density at radius 2 is 1.97 bits per heavy atom. The number of fused-ring (bicyclic) bond motifs is 1. The predicted octanol–water partition coefficient (Wildman–Crippen LogP) is 4.58. The van der Waals surface area contributed by atoms with Gasteiger partial charge < -0.3 is 15.0 Å². The number of aromatic nitrogens is 2. The number of nitrogens with zero attached hydrogens (tertiary/aromatic N) is 3. The van der Waals surface area contributed by atoms with Crippen molar-refractivity contribution in [2.45, 2.75) is 45.8 Å². The molecule has 1 aliphatic rings. The summed E-state index contributed by atoms with van der Waals surface area (Å²) < 4.78 is 20.4. The molecule has 2 aromatic carbocycles. The van der Waals surface area contributed by atoms with Gasteiger partial charge in [-0.2, -0.15) is 5.10 Å². The first kappa shape index (κ1) is 20.2. The molecule has 4 rings (SSSR count). The van der Waals surface area contributed by atoms with Gasteiger partial charge in [-0.3, -0.25) is 0 Å². The number of carbonyl (C=O) groups is 1. The number of anilines is 1. The Labute approximate surface area is 175 Å². The fourth-order valence-corrected chi connectivity index (χ4v) is 3.87. The molecule has 1 fully saturated rings. The third kappa shape index (κ3) is 4.25. The number of hydrogen-bond acceptors (Lipinski definition) is 4. The molecule has 158 valence electrons. The molecule has 0 radical (unpaired) electrons. The molecule has 0 spiro atoms. The smallest absolute Gasteiger partial charge is 0.407 e. The van der Waals surface area contributed by atoms with Crippen LogP contribution < -0.4 is 10.2 Å². The van der Waals surface area contributed by atoms with Crippen molar-refractivity contribution in [3.63, 3.8) is 0 Å². The first-order chi connectivity index (χ1) is 14.2. The molecule has 3 aromatic rings. The van der Waals surface area contributed by atoms with Crippen molar-refractivity contribution < 1.29 is 13.9 Å². The van der Waals surface area contributed by atoms with Gasteiger partial charge in [0.05, 0.1) is 23.4 Å². The van der Waals surface area contributed by atoms with Crippen LogP contribution in [-0.2, 0) is 4.74 Å². The summed E-state index contributed by atoms with van der Waals surface area (Å²) in [6.07, 6.45) is 2.32. The van der Waals surface area contributed by atoms with Crippen LogP contribution in [0.1, 0.15) is 32.8 Å². The highest BCUT2D eigenvalue weighted by atomic mass is 19.1. The molecule has 2 heterocycles. The van der Waals surface area contributed by atoms with Crippen LogP contribution >= 0.6 is 0 Å². The van der Waals surface area contributed by atoms with Gasteiger partial charge in [0.1, 0.15) is 11.4 Å². The predicted molar refractivity (Wildman–Crippen MR) is 116 cm³/mol. The van der Waals surface area contributed by atoms with Crippen LogP contribution in [0.3, 0.4) is 0 Å².